The van der Waals surface area contributed by atoms with Crippen molar-refractivity contribution in [1.82, 2.24) is 9.78 Å². The minimum absolute atomic E-state index is 0.236. The van der Waals surface area contributed by atoms with E-state index in [-0.39, 0.29) is 12.5 Å². The molecule has 4 nitrogen and oxygen atoms in total. The van der Waals surface area contributed by atoms with E-state index >= 15 is 0 Å². The molecule has 0 bridgehead atoms. The fraction of sp³-hybridized carbons (Fsp3) is 0.375. The SMILES string of the molecule is Cc1ccc([C@H]2C[C@H](C(F)F)n3ncc(C#N)c3N2)cc1C. The van der Waals surface area contributed by atoms with Crippen LogP contribution < -0.4 is 5.32 Å². The third-order valence-corrected chi connectivity index (χ3v) is 4.24. The van der Waals surface area contributed by atoms with Crippen LogP contribution in [-0.2, 0) is 0 Å². The molecule has 3 rings (SSSR count). The molecule has 2 atom stereocenters. The summed E-state index contributed by atoms with van der Waals surface area (Å²) in [7, 11) is 0. The van der Waals surface area contributed by atoms with Crippen LogP contribution in [0.25, 0.3) is 0 Å². The van der Waals surface area contributed by atoms with Crippen molar-refractivity contribution in [3.63, 3.8) is 0 Å². The number of nitriles is 1. The second kappa shape index (κ2) is 5.41. The first-order valence-corrected chi connectivity index (χ1v) is 7.10. The van der Waals surface area contributed by atoms with Crippen molar-refractivity contribution in [1.29, 1.82) is 5.26 Å². The van der Waals surface area contributed by atoms with Crippen LogP contribution >= 0.6 is 0 Å². The Labute approximate surface area is 127 Å². The van der Waals surface area contributed by atoms with E-state index in [4.69, 9.17) is 5.26 Å². The predicted molar refractivity (Wildman–Crippen MR) is 78.9 cm³/mol. The lowest BCUT2D eigenvalue weighted by Gasteiger charge is -2.32. The summed E-state index contributed by atoms with van der Waals surface area (Å²) >= 11 is 0. The number of nitrogens with one attached hydrogen (secondary N) is 1. The molecule has 2 aromatic rings. The maximum atomic E-state index is 13.4. The summed E-state index contributed by atoms with van der Waals surface area (Å²) in [5.74, 6) is 0.377. The fourth-order valence-corrected chi connectivity index (χ4v) is 2.82. The maximum absolute atomic E-state index is 13.4. The molecule has 22 heavy (non-hydrogen) atoms. The average Bonchev–Trinajstić information content (AvgIpc) is 2.91. The number of hydrogen-bond donors (Lipinski definition) is 1. The van der Waals surface area contributed by atoms with Crippen molar-refractivity contribution >= 4 is 5.82 Å². The lowest BCUT2D eigenvalue weighted by Crippen LogP contribution is -2.31. The molecule has 0 fully saturated rings. The van der Waals surface area contributed by atoms with Crippen LogP contribution in [0.15, 0.2) is 24.4 Å². The van der Waals surface area contributed by atoms with E-state index in [9.17, 15) is 8.78 Å². The molecule has 0 radical (unpaired) electrons. The quantitative estimate of drug-likeness (QED) is 0.919. The number of aryl methyl sites for hydroxylation is 2. The first-order chi connectivity index (χ1) is 10.5. The Morgan fingerprint density at radius 3 is 2.77 bits per heavy atom. The summed E-state index contributed by atoms with van der Waals surface area (Å²) in [6.07, 6.45) is -0.957. The molecule has 1 aliphatic heterocycles. The lowest BCUT2D eigenvalue weighted by molar-refractivity contribution is 0.0658. The molecule has 0 amide bonds. The van der Waals surface area contributed by atoms with Gasteiger partial charge >= 0.3 is 0 Å². The Morgan fingerprint density at radius 1 is 1.36 bits per heavy atom. The van der Waals surface area contributed by atoms with Crippen molar-refractivity contribution in [3.8, 4) is 6.07 Å². The van der Waals surface area contributed by atoms with E-state index in [1.165, 1.54) is 10.9 Å². The molecule has 1 aromatic carbocycles. The van der Waals surface area contributed by atoms with Gasteiger partial charge in [-0.3, -0.25) is 0 Å². The van der Waals surface area contributed by atoms with Gasteiger partial charge in [-0.1, -0.05) is 18.2 Å². The number of aromatic nitrogens is 2. The topological polar surface area (TPSA) is 53.6 Å². The van der Waals surface area contributed by atoms with Gasteiger partial charge in [0.1, 0.15) is 23.5 Å². The summed E-state index contributed by atoms with van der Waals surface area (Å²) in [6.45, 7) is 4.01. The van der Waals surface area contributed by atoms with Crippen LogP contribution in [-0.4, -0.2) is 16.2 Å². The number of alkyl halides is 2. The average molecular weight is 302 g/mol. The standard InChI is InChI=1S/C16H16F2N4/c1-9-3-4-11(5-10(9)2)13-6-14(15(17)18)22-16(21-13)12(7-19)8-20-22/h3-5,8,13-15,21H,6H2,1-2H3/t13-,14-/m1/s1. The molecule has 0 aliphatic carbocycles. The highest BCUT2D eigenvalue weighted by Gasteiger charge is 2.35. The summed E-state index contributed by atoms with van der Waals surface area (Å²) in [6, 6.07) is 6.66. The van der Waals surface area contributed by atoms with Gasteiger partial charge in [0.2, 0.25) is 0 Å². The van der Waals surface area contributed by atoms with Crippen molar-refractivity contribution < 1.29 is 8.78 Å². The zero-order chi connectivity index (χ0) is 15.9. The minimum atomic E-state index is -2.53. The van der Waals surface area contributed by atoms with E-state index < -0.39 is 12.5 Å². The summed E-state index contributed by atoms with van der Waals surface area (Å²) < 4.78 is 28.0. The van der Waals surface area contributed by atoms with Crippen LogP contribution in [0.1, 0.15) is 40.8 Å². The molecular weight excluding hydrogens is 286 g/mol. The molecular formula is C16H16F2N4. The summed E-state index contributed by atoms with van der Waals surface area (Å²) in [4.78, 5) is 0. The van der Waals surface area contributed by atoms with Gasteiger partial charge in [-0.05, 0) is 37.0 Å². The van der Waals surface area contributed by atoms with E-state index in [0.29, 0.717) is 11.4 Å². The monoisotopic (exact) mass is 302 g/mol. The first-order valence-electron chi connectivity index (χ1n) is 7.10. The number of hydrogen-bond acceptors (Lipinski definition) is 3. The highest BCUT2D eigenvalue weighted by molar-refractivity contribution is 5.54. The van der Waals surface area contributed by atoms with Crippen LogP contribution in [0.4, 0.5) is 14.6 Å². The number of benzene rings is 1. The van der Waals surface area contributed by atoms with Gasteiger partial charge in [-0.2, -0.15) is 10.4 Å². The van der Waals surface area contributed by atoms with Gasteiger partial charge in [-0.15, -0.1) is 0 Å². The molecule has 6 heteroatoms. The van der Waals surface area contributed by atoms with Crippen molar-refractivity contribution in [3.05, 3.63) is 46.6 Å². The number of fused-ring (bicyclic) bond motifs is 1. The van der Waals surface area contributed by atoms with Crippen LogP contribution in [0.2, 0.25) is 0 Å². The number of anilines is 1. The minimum Gasteiger partial charge on any atom is -0.362 e. The summed E-state index contributed by atoms with van der Waals surface area (Å²) in [5.41, 5.74) is 3.52. The molecule has 0 saturated carbocycles. The highest BCUT2D eigenvalue weighted by atomic mass is 19.3. The van der Waals surface area contributed by atoms with Crippen molar-refractivity contribution in [2.75, 3.05) is 5.32 Å². The first kappa shape index (κ1) is 14.5. The van der Waals surface area contributed by atoms with Crippen molar-refractivity contribution in [2.45, 2.75) is 38.8 Å². The largest absolute Gasteiger partial charge is 0.362 e. The molecule has 0 unspecified atom stereocenters. The van der Waals surface area contributed by atoms with Gasteiger partial charge in [0.05, 0.1) is 12.2 Å². The third-order valence-electron chi connectivity index (χ3n) is 4.24. The molecule has 2 heterocycles. The highest BCUT2D eigenvalue weighted by Crippen LogP contribution is 2.39. The van der Waals surface area contributed by atoms with Gasteiger partial charge < -0.3 is 5.32 Å². The Hall–Kier alpha value is -2.42. The molecule has 1 aliphatic rings. The lowest BCUT2D eigenvalue weighted by atomic mass is 9.94. The normalized spacial score (nSPS) is 20.4. The van der Waals surface area contributed by atoms with Crippen LogP contribution in [0.5, 0.6) is 0 Å². The molecule has 0 spiro atoms. The Kier molecular flexibility index (Phi) is 3.57. The van der Waals surface area contributed by atoms with E-state index in [1.807, 2.05) is 38.1 Å². The second-order valence-corrected chi connectivity index (χ2v) is 5.64. The molecule has 114 valence electrons. The number of nitrogens with zero attached hydrogens (tertiary/aromatic N) is 3. The second-order valence-electron chi connectivity index (χ2n) is 5.64. The van der Waals surface area contributed by atoms with E-state index in [0.717, 1.165) is 16.7 Å². The summed E-state index contributed by atoms with van der Waals surface area (Å²) in [5, 5.41) is 16.2. The number of halogens is 2. The number of rotatable bonds is 2. The van der Waals surface area contributed by atoms with Crippen molar-refractivity contribution in [2.24, 2.45) is 0 Å². The zero-order valence-corrected chi connectivity index (χ0v) is 12.3. The third kappa shape index (κ3) is 2.33. The fourth-order valence-electron chi connectivity index (χ4n) is 2.82. The molecule has 1 aromatic heterocycles. The molecule has 1 N–H and O–H groups in total. The van der Waals surface area contributed by atoms with Gasteiger partial charge in [0.15, 0.2) is 0 Å². The smallest absolute Gasteiger partial charge is 0.260 e. The van der Waals surface area contributed by atoms with Gasteiger partial charge in [0.25, 0.3) is 6.43 Å². The predicted octanol–water partition coefficient (Wildman–Crippen LogP) is 3.73. The molecule has 0 saturated heterocycles. The van der Waals surface area contributed by atoms with E-state index in [2.05, 4.69) is 10.4 Å². The Morgan fingerprint density at radius 2 is 2.14 bits per heavy atom. The van der Waals surface area contributed by atoms with Gasteiger partial charge in [-0.25, -0.2) is 13.5 Å². The van der Waals surface area contributed by atoms with Crippen LogP contribution in [0.3, 0.4) is 0 Å². The zero-order valence-electron chi connectivity index (χ0n) is 12.3. The van der Waals surface area contributed by atoms with Crippen LogP contribution in [0, 0.1) is 25.2 Å². The van der Waals surface area contributed by atoms with E-state index in [1.54, 1.807) is 0 Å². The van der Waals surface area contributed by atoms with Gasteiger partial charge in [0, 0.05) is 0 Å². The Balaban J connectivity index is 2.02. The maximum Gasteiger partial charge on any atom is 0.260 e. The Bertz CT molecular complexity index is 745.